The SMILES string of the molecule is CC1CCC(NC(=O)CNC(=O)c2cccs2)(C(=O)O)CC1. The quantitative estimate of drug-likeness (QED) is 0.767. The topological polar surface area (TPSA) is 95.5 Å². The minimum atomic E-state index is -1.20. The highest BCUT2D eigenvalue weighted by molar-refractivity contribution is 7.12. The molecule has 7 heteroatoms. The summed E-state index contributed by atoms with van der Waals surface area (Å²) in [6, 6.07) is 3.42. The molecule has 0 aromatic carbocycles. The van der Waals surface area contributed by atoms with Crippen LogP contribution in [0.15, 0.2) is 17.5 Å². The van der Waals surface area contributed by atoms with E-state index >= 15 is 0 Å². The average Bonchev–Trinajstić information content (AvgIpc) is 3.01. The lowest BCUT2D eigenvalue weighted by atomic mass is 9.77. The van der Waals surface area contributed by atoms with E-state index in [2.05, 4.69) is 17.6 Å². The summed E-state index contributed by atoms with van der Waals surface area (Å²) in [5.41, 5.74) is -1.20. The molecule has 6 nitrogen and oxygen atoms in total. The summed E-state index contributed by atoms with van der Waals surface area (Å²) in [4.78, 5) is 35.8. The van der Waals surface area contributed by atoms with Crippen LogP contribution in [0, 0.1) is 5.92 Å². The zero-order valence-corrected chi connectivity index (χ0v) is 13.2. The number of aliphatic carboxylic acids is 1. The van der Waals surface area contributed by atoms with Crippen LogP contribution in [0.25, 0.3) is 0 Å². The van der Waals surface area contributed by atoms with Gasteiger partial charge in [0.2, 0.25) is 5.91 Å². The number of carboxylic acid groups (broad SMARTS) is 1. The van der Waals surface area contributed by atoms with E-state index in [1.54, 1.807) is 17.5 Å². The van der Waals surface area contributed by atoms with E-state index in [1.165, 1.54) is 11.3 Å². The van der Waals surface area contributed by atoms with E-state index in [-0.39, 0.29) is 12.5 Å². The Bertz CT molecular complexity index is 548. The van der Waals surface area contributed by atoms with Crippen molar-refractivity contribution < 1.29 is 19.5 Å². The molecule has 0 aliphatic heterocycles. The Labute approximate surface area is 132 Å². The molecule has 0 bridgehead atoms. The minimum Gasteiger partial charge on any atom is -0.480 e. The molecule has 1 aliphatic carbocycles. The normalized spacial score (nSPS) is 24.5. The Morgan fingerprint density at radius 2 is 2.05 bits per heavy atom. The van der Waals surface area contributed by atoms with Gasteiger partial charge in [-0.1, -0.05) is 13.0 Å². The number of hydrogen-bond donors (Lipinski definition) is 3. The van der Waals surface area contributed by atoms with Crippen molar-refractivity contribution in [3.63, 3.8) is 0 Å². The number of carbonyl (C=O) groups excluding carboxylic acids is 2. The predicted molar refractivity (Wildman–Crippen MR) is 82.8 cm³/mol. The maximum atomic E-state index is 12.0. The summed E-state index contributed by atoms with van der Waals surface area (Å²) < 4.78 is 0. The van der Waals surface area contributed by atoms with Crippen molar-refractivity contribution in [2.24, 2.45) is 5.92 Å². The molecular formula is C15H20N2O4S. The Kier molecular flexibility index (Phi) is 5.18. The molecule has 1 fully saturated rings. The molecule has 0 radical (unpaired) electrons. The first-order valence-corrected chi connectivity index (χ1v) is 8.17. The number of carbonyl (C=O) groups is 3. The summed E-state index contributed by atoms with van der Waals surface area (Å²) in [5.74, 6) is -1.33. The monoisotopic (exact) mass is 324 g/mol. The van der Waals surface area contributed by atoms with E-state index < -0.39 is 17.4 Å². The summed E-state index contributed by atoms with van der Waals surface area (Å²) in [6.07, 6.45) is 2.39. The van der Waals surface area contributed by atoms with Gasteiger partial charge < -0.3 is 15.7 Å². The second-order valence-electron chi connectivity index (χ2n) is 5.78. The Balaban J connectivity index is 1.89. The molecule has 1 aromatic heterocycles. The fourth-order valence-corrected chi connectivity index (χ4v) is 3.25. The van der Waals surface area contributed by atoms with Crippen LogP contribution >= 0.6 is 11.3 Å². The van der Waals surface area contributed by atoms with E-state index in [1.807, 2.05) is 0 Å². The van der Waals surface area contributed by atoms with Gasteiger partial charge in [0, 0.05) is 0 Å². The van der Waals surface area contributed by atoms with Crippen LogP contribution in [-0.2, 0) is 9.59 Å². The van der Waals surface area contributed by atoms with E-state index in [9.17, 15) is 19.5 Å². The molecule has 2 amide bonds. The number of rotatable bonds is 5. The third-order valence-electron chi connectivity index (χ3n) is 4.07. The van der Waals surface area contributed by atoms with Crippen LogP contribution in [0.4, 0.5) is 0 Å². The Morgan fingerprint density at radius 1 is 1.36 bits per heavy atom. The van der Waals surface area contributed by atoms with Crippen molar-refractivity contribution >= 4 is 29.1 Å². The third-order valence-corrected chi connectivity index (χ3v) is 4.94. The van der Waals surface area contributed by atoms with Gasteiger partial charge in [0.05, 0.1) is 11.4 Å². The van der Waals surface area contributed by atoms with Crippen molar-refractivity contribution in [1.29, 1.82) is 0 Å². The van der Waals surface area contributed by atoms with Gasteiger partial charge in [-0.15, -0.1) is 11.3 Å². The molecule has 1 heterocycles. The van der Waals surface area contributed by atoms with Crippen molar-refractivity contribution in [2.45, 2.75) is 38.1 Å². The van der Waals surface area contributed by atoms with Crippen molar-refractivity contribution in [3.8, 4) is 0 Å². The van der Waals surface area contributed by atoms with Gasteiger partial charge in [-0.25, -0.2) is 4.79 Å². The lowest BCUT2D eigenvalue weighted by Crippen LogP contribution is -2.58. The first-order chi connectivity index (χ1) is 10.4. The number of hydrogen-bond acceptors (Lipinski definition) is 4. The third kappa shape index (κ3) is 3.85. The Hall–Kier alpha value is -1.89. The largest absolute Gasteiger partial charge is 0.480 e. The lowest BCUT2D eigenvalue weighted by molar-refractivity contribution is -0.149. The molecule has 3 N–H and O–H groups in total. The number of carboxylic acids is 1. The summed E-state index contributed by atoms with van der Waals surface area (Å²) in [6.45, 7) is 1.86. The van der Waals surface area contributed by atoms with Gasteiger partial charge in [0.15, 0.2) is 0 Å². The minimum absolute atomic E-state index is 0.221. The average molecular weight is 324 g/mol. The number of thiophene rings is 1. The first-order valence-electron chi connectivity index (χ1n) is 7.29. The smallest absolute Gasteiger partial charge is 0.329 e. The van der Waals surface area contributed by atoms with E-state index in [4.69, 9.17) is 0 Å². The molecule has 1 aromatic rings. The van der Waals surface area contributed by atoms with Crippen molar-refractivity contribution in [2.75, 3.05) is 6.54 Å². The molecule has 0 saturated heterocycles. The zero-order valence-electron chi connectivity index (χ0n) is 12.4. The summed E-state index contributed by atoms with van der Waals surface area (Å²) in [7, 11) is 0. The van der Waals surface area contributed by atoms with E-state index in [0.717, 1.165) is 12.8 Å². The van der Waals surface area contributed by atoms with Gasteiger partial charge in [0.1, 0.15) is 5.54 Å². The standard InChI is InChI=1S/C15H20N2O4S/c1-10-4-6-15(7-5-10,14(20)21)17-12(18)9-16-13(19)11-3-2-8-22-11/h2-3,8,10H,4-7,9H2,1H3,(H,16,19)(H,17,18)(H,20,21). The van der Waals surface area contributed by atoms with E-state index in [0.29, 0.717) is 23.6 Å². The van der Waals surface area contributed by atoms with Crippen LogP contribution in [0.1, 0.15) is 42.3 Å². The first kappa shape index (κ1) is 16.5. The van der Waals surface area contributed by atoms with Gasteiger partial charge >= 0.3 is 5.97 Å². The number of nitrogens with one attached hydrogen (secondary N) is 2. The molecule has 120 valence electrons. The highest BCUT2D eigenvalue weighted by atomic mass is 32.1. The highest BCUT2D eigenvalue weighted by Gasteiger charge is 2.42. The molecule has 2 rings (SSSR count). The van der Waals surface area contributed by atoms with Crippen LogP contribution in [0.3, 0.4) is 0 Å². The van der Waals surface area contributed by atoms with Gasteiger partial charge in [-0.05, 0) is 43.0 Å². The highest BCUT2D eigenvalue weighted by Crippen LogP contribution is 2.32. The second kappa shape index (κ2) is 6.91. The van der Waals surface area contributed by atoms with Crippen molar-refractivity contribution in [3.05, 3.63) is 22.4 Å². The molecule has 0 unspecified atom stereocenters. The zero-order chi connectivity index (χ0) is 16.2. The van der Waals surface area contributed by atoms with Crippen molar-refractivity contribution in [1.82, 2.24) is 10.6 Å². The molecule has 1 aliphatic rings. The Morgan fingerprint density at radius 3 is 2.59 bits per heavy atom. The molecule has 1 saturated carbocycles. The van der Waals surface area contributed by atoms with Crippen LogP contribution in [0.5, 0.6) is 0 Å². The maximum Gasteiger partial charge on any atom is 0.329 e. The van der Waals surface area contributed by atoms with Crippen LogP contribution < -0.4 is 10.6 Å². The molecule has 22 heavy (non-hydrogen) atoms. The van der Waals surface area contributed by atoms with Gasteiger partial charge in [-0.3, -0.25) is 9.59 Å². The molecule has 0 atom stereocenters. The van der Waals surface area contributed by atoms with Gasteiger partial charge in [0.25, 0.3) is 5.91 Å². The van der Waals surface area contributed by atoms with Gasteiger partial charge in [-0.2, -0.15) is 0 Å². The second-order valence-corrected chi connectivity index (χ2v) is 6.73. The maximum absolute atomic E-state index is 12.0. The van der Waals surface area contributed by atoms with Crippen LogP contribution in [0.2, 0.25) is 0 Å². The lowest BCUT2D eigenvalue weighted by Gasteiger charge is -2.36. The molecule has 0 spiro atoms. The fraction of sp³-hybridized carbons (Fsp3) is 0.533. The fourth-order valence-electron chi connectivity index (χ4n) is 2.61. The number of amides is 2. The molecular weight excluding hydrogens is 304 g/mol. The predicted octanol–water partition coefficient (Wildman–Crippen LogP) is 1.63. The summed E-state index contributed by atoms with van der Waals surface area (Å²) in [5, 5.41) is 16.3. The van der Waals surface area contributed by atoms with Crippen LogP contribution in [-0.4, -0.2) is 35.0 Å². The summed E-state index contributed by atoms with van der Waals surface area (Å²) >= 11 is 1.28.